The van der Waals surface area contributed by atoms with Crippen molar-refractivity contribution in [2.24, 2.45) is 0 Å². The lowest BCUT2D eigenvalue weighted by Crippen LogP contribution is -3.00. The highest BCUT2D eigenvalue weighted by Crippen LogP contribution is 2.13. The van der Waals surface area contributed by atoms with E-state index >= 15 is 0 Å². The summed E-state index contributed by atoms with van der Waals surface area (Å²) in [5, 5.41) is 0. The van der Waals surface area contributed by atoms with Crippen molar-refractivity contribution in [1.82, 2.24) is 0 Å². The van der Waals surface area contributed by atoms with Crippen LogP contribution in [0.4, 0.5) is 22.0 Å². The third-order valence-electron chi connectivity index (χ3n) is 1.96. The van der Waals surface area contributed by atoms with Crippen LogP contribution < -0.4 is 28.5 Å². The summed E-state index contributed by atoms with van der Waals surface area (Å²) in [5.74, 6) is -9.56. The summed E-state index contributed by atoms with van der Waals surface area (Å²) < 4.78 is 64.0. The van der Waals surface area contributed by atoms with E-state index in [2.05, 4.69) is 0 Å². The van der Waals surface area contributed by atoms with Crippen molar-refractivity contribution < 1.29 is 50.5 Å². The van der Waals surface area contributed by atoms with Crippen LogP contribution in [0.5, 0.6) is 0 Å². The quantitative estimate of drug-likeness (QED) is 0.298. The van der Waals surface area contributed by atoms with Crippen molar-refractivity contribution in [1.29, 1.82) is 0 Å². The van der Waals surface area contributed by atoms with Gasteiger partial charge in [-0.1, -0.05) is 13.3 Å². The summed E-state index contributed by atoms with van der Waals surface area (Å²) in [6.07, 6.45) is 0.926. The first-order valence-electron chi connectivity index (χ1n) is 4.42. The lowest BCUT2D eigenvalue weighted by molar-refractivity contribution is -0.753. The fraction of sp³-hybridized carbons (Fsp3) is 0.444. The van der Waals surface area contributed by atoms with Crippen molar-refractivity contribution in [2.45, 2.75) is 26.3 Å². The zero-order valence-corrected chi connectivity index (χ0v) is 10.5. The molecule has 1 aromatic rings. The van der Waals surface area contributed by atoms with Crippen molar-refractivity contribution >= 4 is 0 Å². The predicted molar refractivity (Wildman–Crippen MR) is 41.3 cm³/mol. The van der Waals surface area contributed by atoms with Gasteiger partial charge in [-0.25, -0.2) is 0 Å². The molecular weight excluding hydrogens is 344 g/mol. The van der Waals surface area contributed by atoms with Crippen LogP contribution in [0.25, 0.3) is 0 Å². The van der Waals surface area contributed by atoms with Crippen molar-refractivity contribution in [2.75, 3.05) is 0 Å². The van der Waals surface area contributed by atoms with E-state index in [1.54, 1.807) is 6.92 Å². The molecule has 0 unspecified atom stereocenters. The van der Waals surface area contributed by atoms with Crippen LogP contribution in [0.2, 0.25) is 0 Å². The van der Waals surface area contributed by atoms with Crippen LogP contribution in [-0.2, 0) is 6.54 Å². The third-order valence-corrected chi connectivity index (χ3v) is 1.96. The molecule has 0 aliphatic rings. The van der Waals surface area contributed by atoms with E-state index < -0.39 is 29.3 Å². The van der Waals surface area contributed by atoms with Crippen molar-refractivity contribution in [3.63, 3.8) is 0 Å². The van der Waals surface area contributed by atoms with Gasteiger partial charge in [-0.15, -0.1) is 13.3 Å². The van der Waals surface area contributed by atoms with Gasteiger partial charge in [-0.05, 0) is 0 Å². The average Bonchev–Trinajstić information content (AvgIpc) is 2.24. The zero-order valence-electron chi connectivity index (χ0n) is 8.34. The van der Waals surface area contributed by atoms with E-state index in [1.807, 2.05) is 0 Å². The Morgan fingerprint density at radius 1 is 0.875 bits per heavy atom. The predicted octanol–water partition coefficient (Wildman–Crippen LogP) is -0.526. The number of aromatic nitrogens is 1. The van der Waals surface area contributed by atoms with Crippen LogP contribution >= 0.6 is 0 Å². The van der Waals surface area contributed by atoms with Crippen LogP contribution in [-0.4, -0.2) is 0 Å². The normalized spacial score (nSPS) is 10.1. The number of hydrogen-bond donors (Lipinski definition) is 0. The van der Waals surface area contributed by atoms with Crippen LogP contribution in [0.15, 0.2) is 0 Å². The summed E-state index contributed by atoms with van der Waals surface area (Å²) in [4.78, 5) is 0. The molecule has 0 aliphatic carbocycles. The number of pyridine rings is 1. The van der Waals surface area contributed by atoms with Gasteiger partial charge in [0.1, 0.15) is 0 Å². The maximum Gasteiger partial charge on any atom is 0.401 e. The Balaban J connectivity index is 0.00000225. The van der Waals surface area contributed by atoms with Gasteiger partial charge in [0.25, 0.3) is 11.6 Å². The Bertz CT molecular complexity index is 354. The summed E-state index contributed by atoms with van der Waals surface area (Å²) in [6, 6.07) is 0. The molecule has 0 fully saturated rings. The highest BCUT2D eigenvalue weighted by molar-refractivity contribution is 4.99. The minimum atomic E-state index is -2.13. The van der Waals surface area contributed by atoms with E-state index in [0.29, 0.717) is 12.8 Å². The average molecular weight is 353 g/mol. The number of unbranched alkanes of at least 4 members (excludes halogenated alkanes) is 1. The molecule has 1 nitrogen and oxygen atoms in total. The molecule has 0 aromatic carbocycles. The molecule has 0 bridgehead atoms. The second-order valence-corrected chi connectivity index (χ2v) is 3.03. The second kappa shape index (κ2) is 6.31. The van der Waals surface area contributed by atoms with Gasteiger partial charge in [0.2, 0.25) is 5.82 Å². The Hall–Kier alpha value is -0.470. The number of nitrogens with zero attached hydrogens (tertiary/aromatic N) is 1. The molecule has 1 rings (SSSR count). The zero-order chi connectivity index (χ0) is 11.6. The Morgan fingerprint density at radius 2 is 1.31 bits per heavy atom. The van der Waals surface area contributed by atoms with E-state index in [-0.39, 0.29) is 35.1 Å². The molecule has 16 heavy (non-hydrogen) atoms. The van der Waals surface area contributed by atoms with Crippen LogP contribution in [0.3, 0.4) is 0 Å². The second-order valence-electron chi connectivity index (χ2n) is 3.03. The smallest absolute Gasteiger partial charge is 0.401 e. The molecule has 0 spiro atoms. The van der Waals surface area contributed by atoms with Gasteiger partial charge in [0, 0.05) is 6.42 Å². The highest BCUT2D eigenvalue weighted by Gasteiger charge is 2.32. The number of hydrogen-bond acceptors (Lipinski definition) is 0. The lowest BCUT2D eigenvalue weighted by atomic mass is 10.3. The first-order chi connectivity index (χ1) is 7.00. The van der Waals surface area contributed by atoms with Crippen LogP contribution in [0, 0.1) is 29.3 Å². The summed E-state index contributed by atoms with van der Waals surface area (Å²) in [6.45, 7) is 1.51. The van der Waals surface area contributed by atoms with Crippen LogP contribution in [0.1, 0.15) is 19.8 Å². The number of halogens is 6. The molecule has 7 heteroatoms. The molecule has 1 heterocycles. The molecule has 92 valence electrons. The van der Waals surface area contributed by atoms with Gasteiger partial charge in [0.15, 0.2) is 6.54 Å². The largest absolute Gasteiger partial charge is 1.00 e. The minimum Gasteiger partial charge on any atom is -1.00 e. The van der Waals surface area contributed by atoms with Crippen molar-refractivity contribution in [3.05, 3.63) is 29.3 Å². The molecule has 0 N–H and O–H groups in total. The third kappa shape index (κ3) is 2.80. The van der Waals surface area contributed by atoms with E-state index in [4.69, 9.17) is 0 Å². The Morgan fingerprint density at radius 3 is 1.69 bits per heavy atom. The number of rotatable bonds is 3. The highest BCUT2D eigenvalue weighted by atomic mass is 127. The first-order valence-corrected chi connectivity index (χ1v) is 4.42. The topological polar surface area (TPSA) is 3.88 Å². The van der Waals surface area contributed by atoms with E-state index in [0.717, 1.165) is 0 Å². The summed E-state index contributed by atoms with van der Waals surface area (Å²) in [5.41, 5.74) is 0. The van der Waals surface area contributed by atoms with Gasteiger partial charge < -0.3 is 24.0 Å². The molecule has 0 radical (unpaired) electrons. The Labute approximate surface area is 106 Å². The molecule has 0 amide bonds. The van der Waals surface area contributed by atoms with Gasteiger partial charge in [0.05, 0.1) is 0 Å². The summed E-state index contributed by atoms with van der Waals surface area (Å²) in [7, 11) is 0. The molecule has 0 saturated carbocycles. The minimum absolute atomic E-state index is 0. The monoisotopic (exact) mass is 353 g/mol. The van der Waals surface area contributed by atoms with Gasteiger partial charge >= 0.3 is 11.9 Å². The van der Waals surface area contributed by atoms with E-state index in [1.165, 1.54) is 0 Å². The van der Waals surface area contributed by atoms with Gasteiger partial charge in [-0.3, -0.25) is 0 Å². The summed E-state index contributed by atoms with van der Waals surface area (Å²) >= 11 is 0. The molecule has 0 saturated heterocycles. The first kappa shape index (κ1) is 15.5. The Kier molecular flexibility index (Phi) is 6.13. The van der Waals surface area contributed by atoms with E-state index in [9.17, 15) is 22.0 Å². The molecular formula is C9H9F5IN. The lowest BCUT2D eigenvalue weighted by Gasteiger charge is -2.01. The molecule has 0 aliphatic heterocycles. The van der Waals surface area contributed by atoms with Gasteiger partial charge in [-0.2, -0.15) is 13.2 Å². The van der Waals surface area contributed by atoms with Crippen molar-refractivity contribution in [3.8, 4) is 0 Å². The standard InChI is InChI=1S/C9H9F5N.HI/c1-2-3-4-15-8(13)6(11)5(10)7(12)9(15)14;/h2-4H2,1H3;1H/q+1;/p-1. The fourth-order valence-electron chi connectivity index (χ4n) is 1.11. The molecule has 1 aromatic heterocycles. The SMILES string of the molecule is CCCC[n+]1c(F)c(F)c(F)c(F)c1F.[I-]. The maximum atomic E-state index is 13.0. The maximum absolute atomic E-state index is 13.0. The molecule has 0 atom stereocenters. The fourth-order valence-corrected chi connectivity index (χ4v) is 1.11.